The van der Waals surface area contributed by atoms with Crippen LogP contribution in [-0.2, 0) is 11.3 Å². The highest BCUT2D eigenvalue weighted by atomic mass is 16.5. The number of carbonyl (C=O) groups excluding carboxylic acids is 1. The predicted molar refractivity (Wildman–Crippen MR) is 147 cm³/mol. The van der Waals surface area contributed by atoms with Gasteiger partial charge in [-0.25, -0.2) is 14.6 Å². The van der Waals surface area contributed by atoms with Crippen LogP contribution in [-0.4, -0.2) is 69.6 Å². The zero-order chi connectivity index (χ0) is 27.1. The second-order valence-electron chi connectivity index (χ2n) is 9.37. The van der Waals surface area contributed by atoms with Gasteiger partial charge in [-0.15, -0.1) is 5.10 Å². The Labute approximate surface area is 222 Å². The van der Waals surface area contributed by atoms with Crippen molar-refractivity contribution in [2.45, 2.75) is 33.2 Å². The van der Waals surface area contributed by atoms with Crippen molar-refractivity contribution in [2.24, 2.45) is 0 Å². The van der Waals surface area contributed by atoms with Gasteiger partial charge >= 0.3 is 0 Å². The van der Waals surface area contributed by atoms with Crippen molar-refractivity contribution in [1.82, 2.24) is 29.9 Å². The van der Waals surface area contributed by atoms with Gasteiger partial charge in [0.15, 0.2) is 0 Å². The lowest BCUT2D eigenvalue weighted by atomic mass is 10.2. The maximum absolute atomic E-state index is 12.5. The van der Waals surface area contributed by atoms with Crippen molar-refractivity contribution in [1.29, 1.82) is 0 Å². The molecule has 0 radical (unpaired) electrons. The fourth-order valence-corrected chi connectivity index (χ4v) is 3.70. The molecule has 38 heavy (non-hydrogen) atoms. The molecule has 0 saturated carbocycles. The maximum Gasteiger partial charge on any atom is 0.246 e. The average Bonchev–Trinajstić information content (AvgIpc) is 3.34. The molecule has 1 amide bonds. The minimum Gasteiger partial charge on any atom is -0.493 e. The number of hydrogen-bond donors (Lipinski definition) is 2. The van der Waals surface area contributed by atoms with Crippen LogP contribution in [0.25, 0.3) is 10.9 Å². The Balaban J connectivity index is 1.46. The third-order valence-electron chi connectivity index (χ3n) is 5.67. The second kappa shape index (κ2) is 12.3. The molecule has 0 atom stereocenters. The third-order valence-corrected chi connectivity index (χ3v) is 5.67. The van der Waals surface area contributed by atoms with Gasteiger partial charge in [0.05, 0.1) is 23.2 Å². The summed E-state index contributed by atoms with van der Waals surface area (Å²) in [5.41, 5.74) is 3.04. The average molecular weight is 519 g/mol. The normalized spacial score (nSPS) is 11.2. The summed E-state index contributed by atoms with van der Waals surface area (Å²) in [5, 5.41) is 15.1. The molecule has 2 aromatic heterocycles. The number of nitrogens with one attached hydrogen (secondary N) is 2. The first-order chi connectivity index (χ1) is 18.3. The maximum atomic E-state index is 12.5. The number of benzene rings is 2. The standard InChI is InChI=1S/C27H34N8O3/c1-6-37-24-14-21(38-12-11-34(4)5)13-22-26(24)27(29-17-28-22)31-20-9-7-19(8-10-20)30-25(36)16-35-15-23(18(2)3)32-33-35/h7-10,13-15,17-18H,6,11-12,16H2,1-5H3,(H,30,36)(H,28,29,31). The molecule has 4 aromatic rings. The van der Waals surface area contributed by atoms with E-state index in [9.17, 15) is 4.79 Å². The highest BCUT2D eigenvalue weighted by Crippen LogP contribution is 2.35. The first-order valence-electron chi connectivity index (χ1n) is 12.6. The molecule has 2 aromatic carbocycles. The molecule has 0 aliphatic heterocycles. The Morgan fingerprint density at radius 3 is 2.53 bits per heavy atom. The number of rotatable bonds is 12. The van der Waals surface area contributed by atoms with Gasteiger partial charge in [0, 0.05) is 36.2 Å². The molecule has 11 heteroatoms. The quantitative estimate of drug-likeness (QED) is 0.286. The van der Waals surface area contributed by atoms with Gasteiger partial charge in [-0.2, -0.15) is 0 Å². The van der Waals surface area contributed by atoms with E-state index >= 15 is 0 Å². The van der Waals surface area contributed by atoms with E-state index in [-0.39, 0.29) is 18.4 Å². The SMILES string of the molecule is CCOc1cc(OCCN(C)C)cc2ncnc(Nc3ccc(NC(=O)Cn4cc(C(C)C)nn4)cc3)c12. The number of aromatic nitrogens is 5. The topological polar surface area (TPSA) is 119 Å². The predicted octanol–water partition coefficient (Wildman–Crippen LogP) is 4.07. The smallest absolute Gasteiger partial charge is 0.246 e. The van der Waals surface area contributed by atoms with Crippen molar-refractivity contribution >= 4 is 34.0 Å². The lowest BCUT2D eigenvalue weighted by molar-refractivity contribution is -0.116. The summed E-state index contributed by atoms with van der Waals surface area (Å²) in [6.07, 6.45) is 3.30. The fraction of sp³-hybridized carbons (Fsp3) is 0.370. The minimum absolute atomic E-state index is 0.0910. The molecule has 2 N–H and O–H groups in total. The van der Waals surface area contributed by atoms with Gasteiger partial charge < -0.3 is 25.0 Å². The van der Waals surface area contributed by atoms with Crippen LogP contribution in [0.3, 0.4) is 0 Å². The molecule has 0 bridgehead atoms. The summed E-state index contributed by atoms with van der Waals surface area (Å²) in [6, 6.07) is 11.1. The van der Waals surface area contributed by atoms with Gasteiger partial charge in [0.2, 0.25) is 5.91 Å². The molecule has 0 fully saturated rings. The molecule has 2 heterocycles. The van der Waals surface area contributed by atoms with Crippen LogP contribution in [0.1, 0.15) is 32.4 Å². The third kappa shape index (κ3) is 6.94. The van der Waals surface area contributed by atoms with Crippen LogP contribution < -0.4 is 20.1 Å². The number of likely N-dealkylation sites (N-methyl/N-ethyl adjacent to an activating group) is 1. The minimum atomic E-state index is -0.183. The van der Waals surface area contributed by atoms with Crippen molar-refractivity contribution in [3.63, 3.8) is 0 Å². The monoisotopic (exact) mass is 518 g/mol. The van der Waals surface area contributed by atoms with Gasteiger partial charge in [-0.05, 0) is 51.2 Å². The van der Waals surface area contributed by atoms with E-state index in [1.165, 1.54) is 11.0 Å². The van der Waals surface area contributed by atoms with E-state index in [0.29, 0.717) is 41.7 Å². The number of ether oxygens (including phenoxy) is 2. The summed E-state index contributed by atoms with van der Waals surface area (Å²) < 4.78 is 13.4. The van der Waals surface area contributed by atoms with Crippen LogP contribution in [0.4, 0.5) is 17.2 Å². The van der Waals surface area contributed by atoms with Crippen molar-refractivity contribution in [3.8, 4) is 11.5 Å². The fourth-order valence-electron chi connectivity index (χ4n) is 3.70. The van der Waals surface area contributed by atoms with Crippen LogP contribution in [0.15, 0.2) is 48.9 Å². The second-order valence-corrected chi connectivity index (χ2v) is 9.37. The van der Waals surface area contributed by atoms with Crippen LogP contribution in [0.2, 0.25) is 0 Å². The van der Waals surface area contributed by atoms with E-state index < -0.39 is 0 Å². The van der Waals surface area contributed by atoms with E-state index in [1.807, 2.05) is 71.3 Å². The molecule has 0 aliphatic rings. The molecule has 0 saturated heterocycles. The van der Waals surface area contributed by atoms with E-state index in [4.69, 9.17) is 9.47 Å². The molecule has 0 aliphatic carbocycles. The number of anilines is 3. The molecule has 0 spiro atoms. The summed E-state index contributed by atoms with van der Waals surface area (Å²) in [7, 11) is 4.00. The zero-order valence-electron chi connectivity index (χ0n) is 22.4. The Bertz CT molecular complexity index is 1370. The Kier molecular flexibility index (Phi) is 8.70. The highest BCUT2D eigenvalue weighted by molar-refractivity contribution is 5.97. The van der Waals surface area contributed by atoms with Crippen LogP contribution >= 0.6 is 0 Å². The Hall–Kier alpha value is -4.25. The molecule has 200 valence electrons. The van der Waals surface area contributed by atoms with E-state index in [0.717, 1.165) is 23.3 Å². The van der Waals surface area contributed by atoms with Crippen LogP contribution in [0, 0.1) is 0 Å². The van der Waals surface area contributed by atoms with Gasteiger partial charge in [0.1, 0.15) is 36.8 Å². The van der Waals surface area contributed by atoms with Crippen molar-refractivity contribution in [2.75, 3.05) is 44.5 Å². The summed E-state index contributed by atoms with van der Waals surface area (Å²) >= 11 is 0. The lowest BCUT2D eigenvalue weighted by Gasteiger charge is -2.16. The van der Waals surface area contributed by atoms with Gasteiger partial charge in [0.25, 0.3) is 0 Å². The summed E-state index contributed by atoms with van der Waals surface area (Å²) in [5.74, 6) is 2.02. The van der Waals surface area contributed by atoms with E-state index in [1.54, 1.807) is 6.20 Å². The molecular formula is C27H34N8O3. The highest BCUT2D eigenvalue weighted by Gasteiger charge is 2.14. The first kappa shape index (κ1) is 26.8. The zero-order valence-corrected chi connectivity index (χ0v) is 22.4. The number of carbonyl (C=O) groups is 1. The first-order valence-corrected chi connectivity index (χ1v) is 12.6. The Morgan fingerprint density at radius 1 is 1.08 bits per heavy atom. The Morgan fingerprint density at radius 2 is 1.84 bits per heavy atom. The summed E-state index contributed by atoms with van der Waals surface area (Å²) in [4.78, 5) is 23.4. The van der Waals surface area contributed by atoms with Crippen molar-refractivity contribution < 1.29 is 14.3 Å². The van der Waals surface area contributed by atoms with Crippen LogP contribution in [0.5, 0.6) is 11.5 Å². The lowest BCUT2D eigenvalue weighted by Crippen LogP contribution is -2.19. The molecule has 0 unspecified atom stereocenters. The van der Waals surface area contributed by atoms with E-state index in [2.05, 4.69) is 35.8 Å². The number of fused-ring (bicyclic) bond motifs is 1. The van der Waals surface area contributed by atoms with Crippen molar-refractivity contribution in [3.05, 3.63) is 54.6 Å². The van der Waals surface area contributed by atoms with Gasteiger partial charge in [-0.3, -0.25) is 4.79 Å². The number of amides is 1. The molecule has 4 rings (SSSR count). The summed E-state index contributed by atoms with van der Waals surface area (Å²) in [6.45, 7) is 7.94. The van der Waals surface area contributed by atoms with Gasteiger partial charge in [-0.1, -0.05) is 19.1 Å². The number of nitrogens with zero attached hydrogens (tertiary/aromatic N) is 6. The molecule has 11 nitrogen and oxygen atoms in total. The largest absolute Gasteiger partial charge is 0.493 e. The molecular weight excluding hydrogens is 484 g/mol. The number of hydrogen-bond acceptors (Lipinski definition) is 9.